The average Bonchev–Trinajstić information content (AvgIpc) is 2.79. The van der Waals surface area contributed by atoms with Crippen molar-refractivity contribution in [2.24, 2.45) is 0 Å². The van der Waals surface area contributed by atoms with Crippen LogP contribution in [0.5, 0.6) is 11.5 Å². The van der Waals surface area contributed by atoms with Crippen LogP contribution in [0.3, 0.4) is 0 Å². The van der Waals surface area contributed by atoms with Crippen molar-refractivity contribution in [1.82, 2.24) is 5.32 Å². The number of carbonyl (C=O) groups is 1. The van der Waals surface area contributed by atoms with Crippen LogP contribution >= 0.6 is 0 Å². The van der Waals surface area contributed by atoms with Gasteiger partial charge in [-0.25, -0.2) is 8.42 Å². The molecule has 0 aliphatic rings. The van der Waals surface area contributed by atoms with E-state index in [1.807, 2.05) is 50.2 Å². The van der Waals surface area contributed by atoms with Gasteiger partial charge in [-0.3, -0.25) is 9.52 Å². The van der Waals surface area contributed by atoms with Crippen LogP contribution in [-0.2, 0) is 14.8 Å². The van der Waals surface area contributed by atoms with Crippen LogP contribution in [0.2, 0.25) is 0 Å². The Bertz CT molecular complexity index is 1160. The summed E-state index contributed by atoms with van der Waals surface area (Å²) in [6, 6.07) is 20.1. The first-order chi connectivity index (χ1) is 15.3. The molecule has 1 atom stereocenters. The standard InChI is InChI=1S/C24H26N2O5S/c1-17-8-10-19(11-9-17)26-32(28,29)21-14-12-20(13-15-21)31-16-24(27)25-18(2)22-6-4-5-7-23(22)30-3/h4-15,18,26H,16H2,1-3H3,(H,25,27)/t18-/m1/s1. The zero-order valence-corrected chi connectivity index (χ0v) is 19.0. The number of anilines is 1. The van der Waals surface area contributed by atoms with Crippen LogP contribution in [0.15, 0.2) is 77.7 Å². The lowest BCUT2D eigenvalue weighted by Crippen LogP contribution is -2.31. The third-order valence-electron chi connectivity index (χ3n) is 4.79. The van der Waals surface area contributed by atoms with Crippen molar-refractivity contribution >= 4 is 21.6 Å². The van der Waals surface area contributed by atoms with Crippen LogP contribution in [0, 0.1) is 6.92 Å². The van der Waals surface area contributed by atoms with Gasteiger partial charge >= 0.3 is 0 Å². The minimum absolute atomic E-state index is 0.0969. The topological polar surface area (TPSA) is 93.7 Å². The Balaban J connectivity index is 1.56. The van der Waals surface area contributed by atoms with Gasteiger partial charge in [0.05, 0.1) is 18.0 Å². The molecule has 0 aliphatic carbocycles. The minimum Gasteiger partial charge on any atom is -0.496 e. The summed E-state index contributed by atoms with van der Waals surface area (Å²) in [5, 5.41) is 2.86. The number of rotatable bonds is 9. The van der Waals surface area contributed by atoms with Gasteiger partial charge in [0.1, 0.15) is 11.5 Å². The summed E-state index contributed by atoms with van der Waals surface area (Å²) in [6.07, 6.45) is 0. The Kier molecular flexibility index (Phi) is 7.37. The van der Waals surface area contributed by atoms with Crippen molar-refractivity contribution in [2.75, 3.05) is 18.4 Å². The quantitative estimate of drug-likeness (QED) is 0.509. The molecule has 1 amide bonds. The maximum atomic E-state index is 12.5. The number of carbonyl (C=O) groups excluding carboxylic acids is 1. The molecule has 0 radical (unpaired) electrons. The van der Waals surface area contributed by atoms with Gasteiger partial charge in [0.25, 0.3) is 15.9 Å². The fourth-order valence-corrected chi connectivity index (χ4v) is 4.14. The average molecular weight is 455 g/mol. The van der Waals surface area contributed by atoms with Gasteiger partial charge in [-0.05, 0) is 56.3 Å². The van der Waals surface area contributed by atoms with Gasteiger partial charge in [0, 0.05) is 11.3 Å². The van der Waals surface area contributed by atoms with Crippen molar-refractivity contribution in [3.8, 4) is 11.5 Å². The molecule has 8 heteroatoms. The molecule has 0 unspecified atom stereocenters. The highest BCUT2D eigenvalue weighted by molar-refractivity contribution is 7.92. The molecule has 168 valence electrons. The van der Waals surface area contributed by atoms with E-state index in [9.17, 15) is 13.2 Å². The van der Waals surface area contributed by atoms with Crippen molar-refractivity contribution in [3.63, 3.8) is 0 Å². The monoisotopic (exact) mass is 454 g/mol. The number of benzene rings is 3. The molecule has 0 aliphatic heterocycles. The number of aryl methyl sites for hydroxylation is 1. The predicted octanol–water partition coefficient (Wildman–Crippen LogP) is 4.06. The van der Waals surface area contributed by atoms with Crippen molar-refractivity contribution in [2.45, 2.75) is 24.8 Å². The summed E-state index contributed by atoms with van der Waals surface area (Å²) in [6.45, 7) is 3.58. The van der Waals surface area contributed by atoms with Crippen molar-refractivity contribution in [1.29, 1.82) is 0 Å². The molecule has 3 aromatic carbocycles. The highest BCUT2D eigenvalue weighted by Gasteiger charge is 2.16. The highest BCUT2D eigenvalue weighted by atomic mass is 32.2. The first-order valence-corrected chi connectivity index (χ1v) is 11.5. The smallest absolute Gasteiger partial charge is 0.261 e. The molecule has 7 nitrogen and oxygen atoms in total. The molecular weight excluding hydrogens is 428 g/mol. The molecule has 0 bridgehead atoms. The zero-order chi connectivity index (χ0) is 23.1. The number of sulfonamides is 1. The Hall–Kier alpha value is -3.52. The van der Waals surface area contributed by atoms with Gasteiger partial charge in [-0.1, -0.05) is 35.9 Å². The van der Waals surface area contributed by atoms with E-state index in [0.717, 1.165) is 11.1 Å². The van der Waals surface area contributed by atoms with Gasteiger partial charge in [0.15, 0.2) is 6.61 Å². The summed E-state index contributed by atoms with van der Waals surface area (Å²) in [4.78, 5) is 12.4. The van der Waals surface area contributed by atoms with E-state index in [0.29, 0.717) is 17.2 Å². The molecule has 0 saturated heterocycles. The molecular formula is C24H26N2O5S. The second kappa shape index (κ2) is 10.2. The third-order valence-corrected chi connectivity index (χ3v) is 6.19. The summed E-state index contributed by atoms with van der Waals surface area (Å²) in [5.74, 6) is 0.776. The summed E-state index contributed by atoms with van der Waals surface area (Å²) >= 11 is 0. The van der Waals surface area contributed by atoms with Crippen LogP contribution in [0.1, 0.15) is 24.1 Å². The summed E-state index contributed by atoms with van der Waals surface area (Å²) < 4.78 is 38.5. The van der Waals surface area contributed by atoms with E-state index in [1.165, 1.54) is 24.3 Å². The highest BCUT2D eigenvalue weighted by Crippen LogP contribution is 2.24. The second-order valence-electron chi connectivity index (χ2n) is 7.26. The molecule has 2 N–H and O–H groups in total. The molecule has 0 fully saturated rings. The van der Waals surface area contributed by atoms with E-state index < -0.39 is 10.0 Å². The predicted molar refractivity (Wildman–Crippen MR) is 123 cm³/mol. The van der Waals surface area contributed by atoms with Crippen molar-refractivity contribution in [3.05, 3.63) is 83.9 Å². The van der Waals surface area contributed by atoms with Gasteiger partial charge in [0.2, 0.25) is 0 Å². The Morgan fingerprint density at radius 2 is 1.62 bits per heavy atom. The number of hydrogen-bond acceptors (Lipinski definition) is 5. The molecule has 3 aromatic rings. The molecule has 0 saturated carbocycles. The first-order valence-electron chi connectivity index (χ1n) is 10.0. The SMILES string of the molecule is COc1ccccc1[C@@H](C)NC(=O)COc1ccc(S(=O)(=O)Nc2ccc(C)cc2)cc1. The van der Waals surface area contributed by atoms with Gasteiger partial charge in [-0.2, -0.15) is 0 Å². The summed E-state index contributed by atoms with van der Waals surface area (Å²) in [5.41, 5.74) is 2.38. The number of amides is 1. The number of nitrogens with one attached hydrogen (secondary N) is 2. The molecule has 0 heterocycles. The third kappa shape index (κ3) is 6.01. The minimum atomic E-state index is -3.72. The van der Waals surface area contributed by atoms with Crippen LogP contribution in [0.25, 0.3) is 0 Å². The van der Waals surface area contributed by atoms with E-state index in [-0.39, 0.29) is 23.5 Å². The molecule has 0 spiro atoms. The maximum absolute atomic E-state index is 12.5. The fraction of sp³-hybridized carbons (Fsp3) is 0.208. The van der Waals surface area contributed by atoms with E-state index in [1.54, 1.807) is 19.2 Å². The molecule has 3 rings (SSSR count). The van der Waals surface area contributed by atoms with Gasteiger partial charge in [-0.15, -0.1) is 0 Å². The molecule has 0 aromatic heterocycles. The number of para-hydroxylation sites is 1. The summed E-state index contributed by atoms with van der Waals surface area (Å²) in [7, 11) is -2.14. The fourth-order valence-electron chi connectivity index (χ4n) is 3.08. The maximum Gasteiger partial charge on any atom is 0.261 e. The second-order valence-corrected chi connectivity index (χ2v) is 8.95. The Morgan fingerprint density at radius 1 is 0.969 bits per heavy atom. The lowest BCUT2D eigenvalue weighted by Gasteiger charge is -2.17. The lowest BCUT2D eigenvalue weighted by molar-refractivity contribution is -0.123. The van der Waals surface area contributed by atoms with E-state index in [4.69, 9.17) is 9.47 Å². The van der Waals surface area contributed by atoms with Crippen molar-refractivity contribution < 1.29 is 22.7 Å². The van der Waals surface area contributed by atoms with E-state index in [2.05, 4.69) is 10.0 Å². The van der Waals surface area contributed by atoms with Crippen LogP contribution < -0.4 is 19.5 Å². The van der Waals surface area contributed by atoms with Crippen LogP contribution in [-0.4, -0.2) is 28.0 Å². The lowest BCUT2D eigenvalue weighted by atomic mass is 10.1. The first kappa shape index (κ1) is 23.1. The Morgan fingerprint density at radius 3 is 2.28 bits per heavy atom. The zero-order valence-electron chi connectivity index (χ0n) is 18.2. The Labute approximate surface area is 188 Å². The normalized spacial score (nSPS) is 12.0. The van der Waals surface area contributed by atoms with Gasteiger partial charge < -0.3 is 14.8 Å². The molecule has 32 heavy (non-hydrogen) atoms. The number of ether oxygens (including phenoxy) is 2. The van der Waals surface area contributed by atoms with E-state index >= 15 is 0 Å². The number of methoxy groups -OCH3 is 1. The van der Waals surface area contributed by atoms with Crippen LogP contribution in [0.4, 0.5) is 5.69 Å². The largest absolute Gasteiger partial charge is 0.496 e. The number of hydrogen-bond donors (Lipinski definition) is 2.